The number of carboxylic acids is 1. The van der Waals surface area contributed by atoms with Gasteiger partial charge < -0.3 is 40.2 Å². The monoisotopic (exact) mass is 1030 g/mol. The molecule has 5 N–H and O–H groups in total. The van der Waals surface area contributed by atoms with Gasteiger partial charge in [-0.15, -0.1) is 0 Å². The number of rotatable bonds is 16. The Morgan fingerprint density at radius 3 is 2.39 bits per heavy atom. The fraction of sp³-hybridized carbons (Fsp3) is 0.357. The number of hydrogen-bond donors (Lipinski definition) is 5. The Kier molecular flexibility index (Phi) is 15.2. The molecule has 19 heteroatoms. The summed E-state index contributed by atoms with van der Waals surface area (Å²) in [6, 6.07) is 28.7. The van der Waals surface area contributed by atoms with Crippen LogP contribution in [0.2, 0.25) is 0 Å². The Morgan fingerprint density at radius 2 is 1.61 bits per heavy atom. The van der Waals surface area contributed by atoms with Crippen LogP contribution in [0.4, 0.5) is 22.3 Å². The van der Waals surface area contributed by atoms with Crippen LogP contribution in [0, 0.1) is 18.3 Å². The topological polar surface area (TPSA) is 217 Å². The second kappa shape index (κ2) is 22.4. The predicted octanol–water partition coefficient (Wildman–Crippen LogP) is 6.38. The summed E-state index contributed by atoms with van der Waals surface area (Å²) < 4.78 is 7.31. The number of benzene rings is 4. The second-order valence-electron chi connectivity index (χ2n) is 19.4. The summed E-state index contributed by atoms with van der Waals surface area (Å²) >= 11 is 1.43. The summed E-state index contributed by atoms with van der Waals surface area (Å²) in [7, 11) is 1.79. The van der Waals surface area contributed by atoms with Gasteiger partial charge in [0.05, 0.1) is 35.0 Å². The number of aromatic nitrogens is 2. The molecule has 0 spiro atoms. The molecule has 0 aliphatic carbocycles. The Labute approximate surface area is 439 Å². The molecule has 0 bridgehead atoms. The van der Waals surface area contributed by atoms with E-state index in [1.54, 1.807) is 7.05 Å². The van der Waals surface area contributed by atoms with Crippen LogP contribution in [0.15, 0.2) is 91.0 Å². The maximum absolute atomic E-state index is 13.6. The van der Waals surface area contributed by atoms with Crippen molar-refractivity contribution in [2.45, 2.75) is 39.2 Å². The molecule has 1 atom stereocenters. The lowest BCUT2D eigenvalue weighted by Crippen LogP contribution is -2.54. The number of piperazine rings is 2. The highest BCUT2D eigenvalue weighted by atomic mass is 32.1. The molecule has 6 heterocycles. The average Bonchev–Trinajstić information content (AvgIpc) is 3.84. The van der Waals surface area contributed by atoms with E-state index in [1.807, 2.05) is 108 Å². The van der Waals surface area contributed by atoms with E-state index in [1.165, 1.54) is 11.3 Å². The van der Waals surface area contributed by atoms with Crippen molar-refractivity contribution in [1.82, 2.24) is 30.0 Å². The van der Waals surface area contributed by atoms with Crippen LogP contribution < -0.4 is 30.5 Å². The van der Waals surface area contributed by atoms with Crippen LogP contribution in [0.3, 0.4) is 0 Å². The number of carbonyl (C=O) groups excluding carboxylic acids is 4. The van der Waals surface area contributed by atoms with Crippen molar-refractivity contribution in [3.05, 3.63) is 125 Å². The molecule has 4 aliphatic rings. The first kappa shape index (κ1) is 50.8. The molecule has 0 radical (unpaired) electrons. The van der Waals surface area contributed by atoms with Gasteiger partial charge in [0.2, 0.25) is 17.7 Å². The number of anilines is 4. The maximum Gasteiger partial charge on any atom is 0.355 e. The third-order valence-electron chi connectivity index (χ3n) is 14.9. The van der Waals surface area contributed by atoms with Crippen molar-refractivity contribution in [3.8, 4) is 16.9 Å². The summed E-state index contributed by atoms with van der Waals surface area (Å²) in [5, 5.41) is 28.3. The van der Waals surface area contributed by atoms with Gasteiger partial charge in [-0.25, -0.2) is 14.8 Å². The molecule has 2 aromatic heterocycles. The van der Waals surface area contributed by atoms with Gasteiger partial charge in [-0.05, 0) is 103 Å². The molecule has 1 unspecified atom stereocenters. The Balaban J connectivity index is 0.678. The molecule has 75 heavy (non-hydrogen) atoms. The fourth-order valence-electron chi connectivity index (χ4n) is 10.6. The molecular weight excluding hydrogens is 971 g/mol. The van der Waals surface area contributed by atoms with Crippen LogP contribution in [0.5, 0.6) is 5.75 Å². The number of imide groups is 1. The number of fused-ring (bicyclic) bond motifs is 2. The van der Waals surface area contributed by atoms with Gasteiger partial charge in [-0.1, -0.05) is 47.7 Å². The van der Waals surface area contributed by atoms with Crippen molar-refractivity contribution in [2.24, 2.45) is 5.92 Å². The minimum atomic E-state index is -1.13. The number of hydrogen-bond acceptors (Lipinski definition) is 15. The normalized spacial score (nSPS) is 17.4. The standard InChI is InChI=1S/C56H61N11O7S/c1-35-38(39-16-18-48(60-52(39)55(72)73)67-22-20-36-8-5-10-40(43(36)33-67)53(70)62-56-59-44-11-3-4-13-47(44)75-56)9-6-12-46(35)74-31-7-21-63-23-25-64(26-24-63)34-50(69)66-29-27-65(28-30-66)37-14-15-41(45(32-37)58-2)51(57)42-17-19-49(68)61-54(42)71/h3-6,8-16,18,32,42,57-58H,7,17,19-31,33-34H2,1-2H3,(H,72,73)(H,59,62,70)(H,61,68,71). The first-order valence-electron chi connectivity index (χ1n) is 25.6. The fourth-order valence-corrected chi connectivity index (χ4v) is 11.5. The number of carboxylic acid groups (broad SMARTS) is 1. The number of carbonyl (C=O) groups is 5. The van der Waals surface area contributed by atoms with Crippen molar-refractivity contribution in [1.29, 1.82) is 5.41 Å². The number of para-hydroxylation sites is 1. The van der Waals surface area contributed by atoms with Gasteiger partial charge >= 0.3 is 5.97 Å². The van der Waals surface area contributed by atoms with E-state index >= 15 is 0 Å². The number of ether oxygens (including phenoxy) is 1. The zero-order chi connectivity index (χ0) is 52.2. The molecule has 388 valence electrons. The zero-order valence-corrected chi connectivity index (χ0v) is 43.0. The molecule has 6 aromatic rings. The summed E-state index contributed by atoms with van der Waals surface area (Å²) in [5.41, 5.74) is 7.88. The lowest BCUT2D eigenvalue weighted by molar-refractivity contribution is -0.135. The lowest BCUT2D eigenvalue weighted by Gasteiger charge is -2.39. The maximum atomic E-state index is 13.6. The summed E-state index contributed by atoms with van der Waals surface area (Å²) in [6.45, 7) is 10.6. The molecule has 3 saturated heterocycles. The van der Waals surface area contributed by atoms with Gasteiger partial charge in [0.25, 0.3) is 5.91 Å². The van der Waals surface area contributed by atoms with Crippen LogP contribution in [-0.2, 0) is 27.3 Å². The van der Waals surface area contributed by atoms with Gasteiger partial charge in [-0.3, -0.25) is 34.7 Å². The van der Waals surface area contributed by atoms with E-state index in [-0.39, 0.29) is 35.5 Å². The molecular formula is C56H61N11O7S. The number of nitrogens with one attached hydrogen (secondary N) is 4. The number of pyridine rings is 1. The Hall–Kier alpha value is -7.74. The van der Waals surface area contributed by atoms with E-state index in [0.29, 0.717) is 98.7 Å². The minimum absolute atomic E-state index is 0.0553. The second-order valence-corrected chi connectivity index (χ2v) is 20.5. The molecule has 18 nitrogen and oxygen atoms in total. The SMILES string of the molecule is CNc1cc(N2CCN(C(=O)CN3CCN(CCCOc4cccc(-c5ccc(N6CCc7cccc(C(=O)Nc8nc9ccccc9s8)c7C6)nc5C(=O)O)c4C)CC3)CC2)ccc1C(=N)C1CCC(=O)NC1=O. The van der Waals surface area contributed by atoms with Crippen molar-refractivity contribution in [2.75, 3.05) is 106 Å². The molecule has 3 fully saturated rings. The first-order chi connectivity index (χ1) is 36.4. The number of piperidine rings is 1. The highest BCUT2D eigenvalue weighted by molar-refractivity contribution is 7.22. The van der Waals surface area contributed by atoms with Gasteiger partial charge in [0.15, 0.2) is 10.8 Å². The number of amides is 4. The van der Waals surface area contributed by atoms with E-state index < -0.39 is 17.8 Å². The zero-order valence-electron chi connectivity index (χ0n) is 42.2. The largest absolute Gasteiger partial charge is 0.493 e. The number of nitrogens with zero attached hydrogens (tertiary/aromatic N) is 7. The van der Waals surface area contributed by atoms with E-state index in [4.69, 9.17) is 15.1 Å². The van der Waals surface area contributed by atoms with E-state index in [9.17, 15) is 29.1 Å². The van der Waals surface area contributed by atoms with Gasteiger partial charge in [-0.2, -0.15) is 0 Å². The first-order valence-corrected chi connectivity index (χ1v) is 26.4. The highest BCUT2D eigenvalue weighted by Gasteiger charge is 2.33. The van der Waals surface area contributed by atoms with Crippen LogP contribution in [0.25, 0.3) is 21.3 Å². The van der Waals surface area contributed by atoms with Gasteiger partial charge in [0, 0.05) is 114 Å². The predicted molar refractivity (Wildman–Crippen MR) is 291 cm³/mol. The van der Waals surface area contributed by atoms with Gasteiger partial charge in [0.1, 0.15) is 11.6 Å². The Morgan fingerprint density at radius 1 is 0.827 bits per heavy atom. The van der Waals surface area contributed by atoms with Crippen molar-refractivity contribution < 1.29 is 33.8 Å². The smallest absolute Gasteiger partial charge is 0.355 e. The average molecular weight is 1030 g/mol. The van der Waals surface area contributed by atoms with Crippen molar-refractivity contribution in [3.63, 3.8) is 0 Å². The van der Waals surface area contributed by atoms with Crippen LogP contribution >= 0.6 is 11.3 Å². The third kappa shape index (κ3) is 11.2. The van der Waals surface area contributed by atoms with Crippen LogP contribution in [0.1, 0.15) is 62.4 Å². The summed E-state index contributed by atoms with van der Waals surface area (Å²) in [5.74, 6) is -1.43. The molecule has 4 aliphatic heterocycles. The molecule has 0 saturated carbocycles. The molecule has 4 aromatic carbocycles. The van der Waals surface area contributed by atoms with E-state index in [0.717, 1.165) is 83.0 Å². The number of thiazole rings is 1. The molecule has 10 rings (SSSR count). The lowest BCUT2D eigenvalue weighted by atomic mass is 9.88. The molecule has 4 amide bonds. The summed E-state index contributed by atoms with van der Waals surface area (Å²) in [4.78, 5) is 84.2. The quantitative estimate of drug-likeness (QED) is 0.0404. The van der Waals surface area contributed by atoms with Crippen LogP contribution in [-0.4, -0.2) is 151 Å². The Bertz CT molecular complexity index is 3150. The minimum Gasteiger partial charge on any atom is -0.493 e. The third-order valence-corrected chi connectivity index (χ3v) is 15.8. The van der Waals surface area contributed by atoms with Crippen molar-refractivity contribution >= 4 is 79.2 Å². The highest BCUT2D eigenvalue weighted by Crippen LogP contribution is 2.35. The van der Waals surface area contributed by atoms with E-state index in [2.05, 4.69) is 35.6 Å². The summed E-state index contributed by atoms with van der Waals surface area (Å²) in [6.07, 6.45) is 2.02. The number of aromatic carboxylic acids is 1.